The van der Waals surface area contributed by atoms with Gasteiger partial charge < -0.3 is 5.73 Å². The third-order valence-corrected chi connectivity index (χ3v) is 3.92. The Morgan fingerprint density at radius 3 is 2.42 bits per heavy atom. The topological polar surface area (TPSA) is 29.3 Å². The summed E-state index contributed by atoms with van der Waals surface area (Å²) in [5, 5.41) is 0. The molecule has 0 aromatic heterocycles. The fourth-order valence-electron chi connectivity index (χ4n) is 2.40. The van der Waals surface area contributed by atoms with Gasteiger partial charge >= 0.3 is 0 Å². The molecule has 0 fully saturated rings. The monoisotopic (exact) mass is 262 g/mol. The first-order valence-corrected chi connectivity index (χ1v) is 7.73. The van der Waals surface area contributed by atoms with Crippen LogP contribution in [0.15, 0.2) is 24.3 Å². The summed E-state index contributed by atoms with van der Waals surface area (Å²) >= 11 is 0. The Morgan fingerprint density at radius 2 is 1.84 bits per heavy atom. The number of hydrogen-bond donors (Lipinski definition) is 1. The van der Waals surface area contributed by atoms with Crippen LogP contribution < -0.4 is 5.73 Å². The molecule has 1 unspecified atom stereocenters. The van der Waals surface area contributed by atoms with Gasteiger partial charge in [-0.1, -0.05) is 44.5 Å². The Kier molecular flexibility index (Phi) is 7.76. The van der Waals surface area contributed by atoms with Gasteiger partial charge in [0.1, 0.15) is 0 Å². The molecular formula is C17H30N2. The number of benzene rings is 1. The summed E-state index contributed by atoms with van der Waals surface area (Å²) < 4.78 is 0. The maximum Gasteiger partial charge on any atom is 0.0239 e. The largest absolute Gasteiger partial charge is 0.330 e. The molecule has 0 saturated carbocycles. The summed E-state index contributed by atoms with van der Waals surface area (Å²) in [4.78, 5) is 2.61. The maximum atomic E-state index is 5.71. The number of unbranched alkanes of at least 4 members (excludes halogenated alkanes) is 1. The van der Waals surface area contributed by atoms with E-state index in [-0.39, 0.29) is 0 Å². The molecule has 0 radical (unpaired) electrons. The van der Waals surface area contributed by atoms with Gasteiger partial charge in [0.2, 0.25) is 0 Å². The fraction of sp³-hybridized carbons (Fsp3) is 0.647. The van der Waals surface area contributed by atoms with Gasteiger partial charge in [-0.05, 0) is 50.4 Å². The molecule has 1 aromatic carbocycles. The molecular weight excluding hydrogens is 232 g/mol. The highest BCUT2D eigenvalue weighted by molar-refractivity contribution is 5.27. The van der Waals surface area contributed by atoms with Crippen molar-refractivity contribution in [3.8, 4) is 0 Å². The van der Waals surface area contributed by atoms with Crippen molar-refractivity contribution in [2.75, 3.05) is 13.1 Å². The van der Waals surface area contributed by atoms with E-state index in [0.29, 0.717) is 6.04 Å². The number of hydrogen-bond acceptors (Lipinski definition) is 2. The summed E-state index contributed by atoms with van der Waals surface area (Å²) in [6.07, 6.45) is 4.74. The van der Waals surface area contributed by atoms with Crippen molar-refractivity contribution in [3.05, 3.63) is 35.4 Å². The average Bonchev–Trinajstić information content (AvgIpc) is 2.44. The normalized spacial score (nSPS) is 12.9. The number of nitrogens with zero attached hydrogens (tertiary/aromatic N) is 1. The molecule has 0 heterocycles. The quantitative estimate of drug-likeness (QED) is 0.737. The second-order valence-corrected chi connectivity index (χ2v) is 5.39. The lowest BCUT2D eigenvalue weighted by Crippen LogP contribution is -2.33. The number of rotatable bonds is 9. The van der Waals surface area contributed by atoms with Gasteiger partial charge in [-0.2, -0.15) is 0 Å². The number of nitrogens with two attached hydrogens (primary N) is 1. The summed E-state index contributed by atoms with van der Waals surface area (Å²) in [6.45, 7) is 9.86. The molecule has 0 aliphatic rings. The molecule has 0 bridgehead atoms. The van der Waals surface area contributed by atoms with Crippen LogP contribution in [0.2, 0.25) is 0 Å². The molecule has 0 amide bonds. The van der Waals surface area contributed by atoms with Crippen molar-refractivity contribution in [2.24, 2.45) is 5.73 Å². The lowest BCUT2D eigenvalue weighted by molar-refractivity contribution is 0.192. The maximum absolute atomic E-state index is 5.71. The molecule has 1 aromatic rings. The molecule has 19 heavy (non-hydrogen) atoms. The van der Waals surface area contributed by atoms with Gasteiger partial charge in [-0.25, -0.2) is 0 Å². The van der Waals surface area contributed by atoms with E-state index in [9.17, 15) is 0 Å². The highest BCUT2D eigenvalue weighted by atomic mass is 15.1. The SMILES string of the molecule is CCCCN(Cc1ccccc1CCN)C(C)CC. The van der Waals surface area contributed by atoms with Crippen molar-refractivity contribution >= 4 is 0 Å². The van der Waals surface area contributed by atoms with E-state index in [1.165, 1.54) is 36.9 Å². The summed E-state index contributed by atoms with van der Waals surface area (Å²) in [5.74, 6) is 0. The van der Waals surface area contributed by atoms with E-state index in [0.717, 1.165) is 19.5 Å². The van der Waals surface area contributed by atoms with Crippen molar-refractivity contribution in [3.63, 3.8) is 0 Å². The summed E-state index contributed by atoms with van der Waals surface area (Å²) in [5.41, 5.74) is 8.57. The van der Waals surface area contributed by atoms with E-state index >= 15 is 0 Å². The second kappa shape index (κ2) is 9.11. The van der Waals surface area contributed by atoms with Crippen LogP contribution in [0.25, 0.3) is 0 Å². The van der Waals surface area contributed by atoms with Gasteiger partial charge in [0, 0.05) is 12.6 Å². The first kappa shape index (κ1) is 16.2. The van der Waals surface area contributed by atoms with Gasteiger partial charge in [-0.3, -0.25) is 4.90 Å². The van der Waals surface area contributed by atoms with Crippen LogP contribution in [0.4, 0.5) is 0 Å². The summed E-state index contributed by atoms with van der Waals surface area (Å²) in [7, 11) is 0. The first-order valence-electron chi connectivity index (χ1n) is 7.73. The predicted octanol–water partition coefficient (Wildman–Crippen LogP) is 3.59. The van der Waals surface area contributed by atoms with Crippen LogP contribution >= 0.6 is 0 Å². The van der Waals surface area contributed by atoms with E-state index in [2.05, 4.69) is 49.9 Å². The van der Waals surface area contributed by atoms with Crippen LogP contribution in [0.5, 0.6) is 0 Å². The smallest absolute Gasteiger partial charge is 0.0239 e. The van der Waals surface area contributed by atoms with Gasteiger partial charge in [0.05, 0.1) is 0 Å². The van der Waals surface area contributed by atoms with Gasteiger partial charge in [0.25, 0.3) is 0 Å². The molecule has 108 valence electrons. The van der Waals surface area contributed by atoms with Gasteiger partial charge in [-0.15, -0.1) is 0 Å². The van der Waals surface area contributed by atoms with E-state index in [1.807, 2.05) is 0 Å². The van der Waals surface area contributed by atoms with E-state index < -0.39 is 0 Å². The highest BCUT2D eigenvalue weighted by Crippen LogP contribution is 2.16. The van der Waals surface area contributed by atoms with E-state index in [1.54, 1.807) is 0 Å². The third kappa shape index (κ3) is 5.33. The molecule has 1 atom stereocenters. The van der Waals surface area contributed by atoms with Crippen molar-refractivity contribution in [1.29, 1.82) is 0 Å². The molecule has 2 nitrogen and oxygen atoms in total. The summed E-state index contributed by atoms with van der Waals surface area (Å²) in [6, 6.07) is 9.39. The molecule has 0 aliphatic heterocycles. The molecule has 2 N–H and O–H groups in total. The van der Waals surface area contributed by atoms with E-state index in [4.69, 9.17) is 5.73 Å². The minimum Gasteiger partial charge on any atom is -0.330 e. The lowest BCUT2D eigenvalue weighted by Gasteiger charge is -2.29. The lowest BCUT2D eigenvalue weighted by atomic mass is 10.0. The molecule has 0 spiro atoms. The minimum absolute atomic E-state index is 0.650. The second-order valence-electron chi connectivity index (χ2n) is 5.39. The third-order valence-electron chi connectivity index (χ3n) is 3.92. The van der Waals surface area contributed by atoms with Crippen LogP contribution in [-0.4, -0.2) is 24.0 Å². The van der Waals surface area contributed by atoms with Crippen molar-refractivity contribution in [1.82, 2.24) is 4.90 Å². The van der Waals surface area contributed by atoms with Crippen LogP contribution in [0, 0.1) is 0 Å². The Bertz CT molecular complexity index is 349. The molecule has 1 rings (SSSR count). The van der Waals surface area contributed by atoms with Crippen LogP contribution in [0.3, 0.4) is 0 Å². The van der Waals surface area contributed by atoms with Gasteiger partial charge in [0.15, 0.2) is 0 Å². The van der Waals surface area contributed by atoms with Crippen molar-refractivity contribution < 1.29 is 0 Å². The zero-order chi connectivity index (χ0) is 14.1. The van der Waals surface area contributed by atoms with Crippen molar-refractivity contribution in [2.45, 2.75) is 59.0 Å². The standard InChI is InChI=1S/C17H30N2/c1-4-6-13-19(15(3)5-2)14-17-10-8-7-9-16(17)11-12-18/h7-10,15H,4-6,11-14,18H2,1-3H3. The molecule has 0 aliphatic carbocycles. The van der Waals surface area contributed by atoms with Crippen LogP contribution in [0.1, 0.15) is 51.2 Å². The zero-order valence-electron chi connectivity index (χ0n) is 12.9. The Hall–Kier alpha value is -0.860. The Labute approximate surface area is 119 Å². The predicted molar refractivity (Wildman–Crippen MR) is 84.3 cm³/mol. The highest BCUT2D eigenvalue weighted by Gasteiger charge is 2.13. The van der Waals surface area contributed by atoms with Crippen LogP contribution in [-0.2, 0) is 13.0 Å². The fourth-order valence-corrected chi connectivity index (χ4v) is 2.40. The zero-order valence-corrected chi connectivity index (χ0v) is 12.9. The Morgan fingerprint density at radius 1 is 1.16 bits per heavy atom. The first-order chi connectivity index (χ1) is 9.22. The minimum atomic E-state index is 0.650. The molecule has 2 heteroatoms. The average molecular weight is 262 g/mol. The molecule has 0 saturated heterocycles. The Balaban J connectivity index is 2.76.